The molecule has 1 heterocycles. The van der Waals surface area contributed by atoms with Gasteiger partial charge in [0.1, 0.15) is 0 Å². The van der Waals surface area contributed by atoms with Crippen LogP contribution in [0.4, 0.5) is 5.82 Å². The topological polar surface area (TPSA) is 119 Å². The number of rotatable bonds is 6. The molecule has 0 saturated heterocycles. The van der Waals surface area contributed by atoms with Gasteiger partial charge in [-0.15, -0.1) is 10.3 Å². The number of nitrogens with one attached hydrogen (secondary N) is 1. The summed E-state index contributed by atoms with van der Waals surface area (Å²) in [7, 11) is -4.19. The van der Waals surface area contributed by atoms with Gasteiger partial charge < -0.3 is 10.1 Å². The monoisotopic (exact) mass is 380 g/mol. The van der Waals surface area contributed by atoms with Gasteiger partial charge in [-0.05, 0) is 45.4 Å². The second-order valence-corrected chi connectivity index (χ2v) is 8.99. The molecule has 0 radical (unpaired) electrons. The molecule has 1 N–H and O–H groups in total. The minimum Gasteiger partial charge on any atom is -0.358 e. The van der Waals surface area contributed by atoms with Crippen molar-refractivity contribution in [2.24, 2.45) is 0 Å². The van der Waals surface area contributed by atoms with Crippen LogP contribution in [0.15, 0.2) is 22.1 Å². The first-order chi connectivity index (χ1) is 12.0. The molecule has 1 aromatic carbocycles. The Morgan fingerprint density at radius 1 is 0.962 bits per heavy atom. The van der Waals surface area contributed by atoms with Crippen LogP contribution >= 0.6 is 0 Å². The lowest BCUT2D eigenvalue weighted by molar-refractivity contribution is -0.392. The van der Waals surface area contributed by atoms with Crippen LogP contribution in [0.3, 0.4) is 0 Å². The minimum atomic E-state index is -4.19. The first kappa shape index (κ1) is 20.0. The SMILES string of the molecule is CC(C)c1ccc(S(=O)(=O)c2n[nH]nc2[N+](=O)[O-])c(C(C)C)c1C(C)C. The van der Waals surface area contributed by atoms with Gasteiger partial charge >= 0.3 is 5.82 Å². The first-order valence-corrected chi connectivity index (χ1v) is 9.95. The highest BCUT2D eigenvalue weighted by Gasteiger charge is 2.36. The van der Waals surface area contributed by atoms with E-state index in [1.54, 1.807) is 6.07 Å². The summed E-state index contributed by atoms with van der Waals surface area (Å²) in [5, 5.41) is 19.4. The van der Waals surface area contributed by atoms with Crippen molar-refractivity contribution >= 4 is 15.7 Å². The number of aromatic nitrogens is 3. The van der Waals surface area contributed by atoms with Gasteiger partial charge in [-0.3, -0.25) is 0 Å². The molecular formula is C17H24N4O4S. The zero-order valence-corrected chi connectivity index (χ0v) is 16.6. The number of benzene rings is 1. The fraction of sp³-hybridized carbons (Fsp3) is 0.529. The Labute approximate surface area is 153 Å². The number of nitrogens with zero attached hydrogens (tertiary/aromatic N) is 3. The highest BCUT2D eigenvalue weighted by atomic mass is 32.2. The predicted octanol–water partition coefficient (Wildman–Crippen LogP) is 3.92. The van der Waals surface area contributed by atoms with E-state index in [0.29, 0.717) is 5.56 Å². The summed E-state index contributed by atoms with van der Waals surface area (Å²) in [5.41, 5.74) is 2.74. The van der Waals surface area contributed by atoms with Gasteiger partial charge in [-0.25, -0.2) is 8.42 Å². The average Bonchev–Trinajstić information content (AvgIpc) is 3.03. The molecule has 0 bridgehead atoms. The van der Waals surface area contributed by atoms with E-state index in [0.717, 1.165) is 11.1 Å². The van der Waals surface area contributed by atoms with Gasteiger partial charge in [0.15, 0.2) is 0 Å². The van der Waals surface area contributed by atoms with Gasteiger partial charge in [-0.1, -0.05) is 47.6 Å². The van der Waals surface area contributed by atoms with Gasteiger partial charge in [0.2, 0.25) is 9.84 Å². The third-order valence-corrected chi connectivity index (χ3v) is 5.99. The lowest BCUT2D eigenvalue weighted by Crippen LogP contribution is -2.14. The lowest BCUT2D eigenvalue weighted by atomic mass is 9.83. The van der Waals surface area contributed by atoms with Crippen LogP contribution in [-0.4, -0.2) is 28.8 Å². The summed E-state index contributed by atoms with van der Waals surface area (Å²) in [6, 6.07) is 3.33. The van der Waals surface area contributed by atoms with Crippen LogP contribution in [0.2, 0.25) is 0 Å². The molecule has 0 aliphatic rings. The maximum Gasteiger partial charge on any atom is 0.429 e. The lowest BCUT2D eigenvalue weighted by Gasteiger charge is -2.25. The second-order valence-electron chi connectivity index (χ2n) is 7.16. The molecule has 2 aromatic rings. The molecule has 142 valence electrons. The van der Waals surface area contributed by atoms with E-state index in [-0.39, 0.29) is 22.6 Å². The predicted molar refractivity (Wildman–Crippen MR) is 97.2 cm³/mol. The molecule has 0 amide bonds. The van der Waals surface area contributed by atoms with Crippen molar-refractivity contribution in [1.29, 1.82) is 0 Å². The quantitative estimate of drug-likeness (QED) is 0.599. The maximum atomic E-state index is 13.2. The fourth-order valence-corrected chi connectivity index (χ4v) is 4.84. The molecule has 0 aliphatic carbocycles. The second kappa shape index (κ2) is 7.14. The maximum absolute atomic E-state index is 13.2. The number of nitro groups is 1. The van der Waals surface area contributed by atoms with Crippen molar-refractivity contribution in [3.05, 3.63) is 38.9 Å². The highest BCUT2D eigenvalue weighted by molar-refractivity contribution is 7.91. The number of H-pyrrole nitrogens is 1. The summed E-state index contributed by atoms with van der Waals surface area (Å²) in [6.45, 7) is 12.0. The molecule has 0 aliphatic heterocycles. The molecule has 26 heavy (non-hydrogen) atoms. The van der Waals surface area contributed by atoms with E-state index in [1.807, 2.05) is 27.7 Å². The van der Waals surface area contributed by atoms with Crippen molar-refractivity contribution in [2.75, 3.05) is 0 Å². The van der Waals surface area contributed by atoms with E-state index in [1.165, 1.54) is 6.07 Å². The van der Waals surface area contributed by atoms with Crippen molar-refractivity contribution in [3.63, 3.8) is 0 Å². The summed E-state index contributed by atoms with van der Waals surface area (Å²) in [5.74, 6) is -0.546. The third-order valence-electron chi connectivity index (χ3n) is 4.27. The summed E-state index contributed by atoms with van der Waals surface area (Å²) in [6.07, 6.45) is 0. The molecule has 8 nitrogen and oxygen atoms in total. The van der Waals surface area contributed by atoms with Crippen molar-refractivity contribution in [3.8, 4) is 0 Å². The van der Waals surface area contributed by atoms with E-state index < -0.39 is 25.6 Å². The third kappa shape index (κ3) is 3.35. The molecule has 0 spiro atoms. The summed E-state index contributed by atoms with van der Waals surface area (Å²) in [4.78, 5) is 10.3. The molecule has 0 unspecified atom stereocenters. The van der Waals surface area contributed by atoms with Crippen LogP contribution in [-0.2, 0) is 9.84 Å². The van der Waals surface area contributed by atoms with Gasteiger partial charge in [-0.2, -0.15) is 0 Å². The van der Waals surface area contributed by atoms with Crippen LogP contribution in [0.25, 0.3) is 0 Å². The van der Waals surface area contributed by atoms with E-state index in [2.05, 4.69) is 29.3 Å². The molecule has 0 atom stereocenters. The van der Waals surface area contributed by atoms with Gasteiger partial charge in [0, 0.05) is 0 Å². The summed E-state index contributed by atoms with van der Waals surface area (Å²) < 4.78 is 26.3. The zero-order chi connectivity index (χ0) is 19.8. The Kier molecular flexibility index (Phi) is 5.50. The number of hydrogen-bond donors (Lipinski definition) is 1. The average molecular weight is 380 g/mol. The first-order valence-electron chi connectivity index (χ1n) is 8.47. The minimum absolute atomic E-state index is 0.0533. The van der Waals surface area contributed by atoms with E-state index >= 15 is 0 Å². The van der Waals surface area contributed by atoms with Crippen LogP contribution in [0, 0.1) is 10.1 Å². The highest BCUT2D eigenvalue weighted by Crippen LogP contribution is 2.39. The number of aromatic amines is 1. The number of sulfone groups is 1. The molecule has 0 saturated carbocycles. The van der Waals surface area contributed by atoms with Crippen molar-refractivity contribution < 1.29 is 13.3 Å². The smallest absolute Gasteiger partial charge is 0.358 e. The standard InChI is InChI=1S/C17H24N4O4S/c1-9(2)12-7-8-13(15(11(5)6)14(12)10(3)4)26(24,25)17-16(21(22)23)18-20-19-17/h7-11H,1-6H3,(H,18,19,20). The van der Waals surface area contributed by atoms with Crippen LogP contribution in [0.5, 0.6) is 0 Å². The molecule has 9 heteroatoms. The fourth-order valence-electron chi connectivity index (χ4n) is 3.23. The Morgan fingerprint density at radius 2 is 1.54 bits per heavy atom. The molecule has 0 fully saturated rings. The molecule has 2 rings (SSSR count). The van der Waals surface area contributed by atoms with Crippen LogP contribution in [0.1, 0.15) is 76.0 Å². The van der Waals surface area contributed by atoms with Gasteiger partial charge in [0.25, 0.3) is 5.03 Å². The van der Waals surface area contributed by atoms with Crippen molar-refractivity contribution in [2.45, 2.75) is 69.2 Å². The summed E-state index contributed by atoms with van der Waals surface area (Å²) >= 11 is 0. The molecule has 1 aromatic heterocycles. The largest absolute Gasteiger partial charge is 0.429 e. The Morgan fingerprint density at radius 3 is 2.00 bits per heavy atom. The Bertz CT molecular complexity index is 930. The molecular weight excluding hydrogens is 356 g/mol. The normalized spacial score (nSPS) is 12.3. The Balaban J connectivity index is 2.87. The zero-order valence-electron chi connectivity index (χ0n) is 15.8. The van der Waals surface area contributed by atoms with Crippen LogP contribution < -0.4 is 0 Å². The van der Waals surface area contributed by atoms with Gasteiger partial charge in [0.05, 0.1) is 9.99 Å². The Hall–Kier alpha value is -2.29. The van der Waals surface area contributed by atoms with Crippen molar-refractivity contribution in [1.82, 2.24) is 15.4 Å². The van der Waals surface area contributed by atoms with E-state index in [4.69, 9.17) is 0 Å². The number of hydrogen-bond acceptors (Lipinski definition) is 6. The van der Waals surface area contributed by atoms with E-state index in [9.17, 15) is 18.5 Å².